The third kappa shape index (κ3) is 5.33. The average molecular weight is 273 g/mol. The van der Waals surface area contributed by atoms with Gasteiger partial charge in [-0.25, -0.2) is 0 Å². The van der Waals surface area contributed by atoms with E-state index in [0.29, 0.717) is 5.56 Å². The van der Waals surface area contributed by atoms with Crippen LogP contribution in [0.3, 0.4) is 0 Å². The lowest BCUT2D eigenvalue weighted by atomic mass is 10.2. The van der Waals surface area contributed by atoms with Crippen LogP contribution in [0.2, 0.25) is 0 Å². The van der Waals surface area contributed by atoms with Crippen LogP contribution in [0.4, 0.5) is 8.78 Å². The van der Waals surface area contributed by atoms with Crippen molar-refractivity contribution in [1.82, 2.24) is 4.90 Å². The van der Waals surface area contributed by atoms with Gasteiger partial charge < -0.3 is 14.7 Å². The fourth-order valence-corrected chi connectivity index (χ4v) is 1.40. The molecule has 0 unspecified atom stereocenters. The minimum atomic E-state index is -2.88. The first-order chi connectivity index (χ1) is 8.88. The zero-order valence-electron chi connectivity index (χ0n) is 10.2. The van der Waals surface area contributed by atoms with Gasteiger partial charge in [-0.05, 0) is 17.7 Å². The number of hydrogen-bond acceptors (Lipinski definition) is 3. The molecule has 0 spiro atoms. The smallest absolute Gasteiger partial charge is 0.387 e. The molecule has 7 heteroatoms. The van der Waals surface area contributed by atoms with E-state index >= 15 is 0 Å². The zero-order valence-corrected chi connectivity index (χ0v) is 10.2. The molecule has 0 saturated heterocycles. The molecule has 0 atom stereocenters. The lowest BCUT2D eigenvalue weighted by Crippen LogP contribution is -2.28. The van der Waals surface area contributed by atoms with Crippen molar-refractivity contribution in [3.05, 3.63) is 29.8 Å². The van der Waals surface area contributed by atoms with Gasteiger partial charge in [0, 0.05) is 13.6 Å². The van der Waals surface area contributed by atoms with Crippen LogP contribution >= 0.6 is 0 Å². The lowest BCUT2D eigenvalue weighted by molar-refractivity contribution is -0.143. The maximum absolute atomic E-state index is 11.9. The molecule has 0 aliphatic carbocycles. The third-order valence-corrected chi connectivity index (χ3v) is 2.30. The predicted molar refractivity (Wildman–Crippen MR) is 61.8 cm³/mol. The first kappa shape index (κ1) is 14.9. The van der Waals surface area contributed by atoms with Gasteiger partial charge in [-0.15, -0.1) is 0 Å². The minimum absolute atomic E-state index is 0.0262. The summed E-state index contributed by atoms with van der Waals surface area (Å²) >= 11 is 0. The third-order valence-electron chi connectivity index (χ3n) is 2.30. The maximum Gasteiger partial charge on any atom is 0.387 e. The van der Waals surface area contributed by atoms with Gasteiger partial charge in [-0.1, -0.05) is 12.1 Å². The van der Waals surface area contributed by atoms with E-state index in [1.54, 1.807) is 0 Å². The SMILES string of the molecule is CN(Cc1ccc(OC(F)F)cc1)C(=O)CC(=O)O. The largest absolute Gasteiger partial charge is 0.481 e. The Balaban J connectivity index is 2.57. The summed E-state index contributed by atoms with van der Waals surface area (Å²) in [5.74, 6) is -1.70. The molecule has 19 heavy (non-hydrogen) atoms. The number of benzene rings is 1. The number of amides is 1. The van der Waals surface area contributed by atoms with Gasteiger partial charge >= 0.3 is 12.6 Å². The number of carbonyl (C=O) groups excluding carboxylic acids is 1. The summed E-state index contributed by atoms with van der Waals surface area (Å²) in [5.41, 5.74) is 0.683. The molecule has 0 radical (unpaired) electrons. The fourth-order valence-electron chi connectivity index (χ4n) is 1.40. The topological polar surface area (TPSA) is 66.8 Å². The van der Waals surface area contributed by atoms with E-state index in [1.807, 2.05) is 0 Å². The Morgan fingerprint density at radius 2 is 1.89 bits per heavy atom. The van der Waals surface area contributed by atoms with Crippen molar-refractivity contribution in [2.24, 2.45) is 0 Å². The Hall–Kier alpha value is -2.18. The van der Waals surface area contributed by atoms with E-state index in [4.69, 9.17) is 5.11 Å². The quantitative estimate of drug-likeness (QED) is 0.801. The van der Waals surface area contributed by atoms with Crippen LogP contribution in [0.5, 0.6) is 5.75 Å². The molecule has 0 fully saturated rings. The molecule has 0 aliphatic heterocycles. The predicted octanol–water partition coefficient (Wildman–Crippen LogP) is 1.72. The van der Waals surface area contributed by atoms with Crippen molar-refractivity contribution < 1.29 is 28.2 Å². The number of hydrogen-bond donors (Lipinski definition) is 1. The van der Waals surface area contributed by atoms with Crippen LogP contribution in [0.25, 0.3) is 0 Å². The Bertz CT molecular complexity index is 448. The minimum Gasteiger partial charge on any atom is -0.481 e. The molecule has 0 bridgehead atoms. The van der Waals surface area contributed by atoms with Crippen molar-refractivity contribution in [1.29, 1.82) is 0 Å². The summed E-state index contributed by atoms with van der Waals surface area (Å²) in [6.45, 7) is -2.69. The summed E-state index contributed by atoms with van der Waals surface area (Å²) < 4.78 is 28.0. The summed E-state index contributed by atoms with van der Waals surface area (Å²) in [6.07, 6.45) is -0.580. The van der Waals surface area contributed by atoms with E-state index in [9.17, 15) is 18.4 Å². The molecule has 1 amide bonds. The van der Waals surface area contributed by atoms with E-state index in [0.717, 1.165) is 0 Å². The van der Waals surface area contributed by atoms with Gasteiger partial charge in [0.2, 0.25) is 5.91 Å². The molecule has 1 aromatic carbocycles. The van der Waals surface area contributed by atoms with Gasteiger partial charge in [0.1, 0.15) is 12.2 Å². The Kier molecular flexibility index (Phi) is 5.23. The highest BCUT2D eigenvalue weighted by Crippen LogP contribution is 2.15. The maximum atomic E-state index is 11.9. The number of carbonyl (C=O) groups is 2. The molecule has 0 aliphatic rings. The molecule has 1 aromatic rings. The summed E-state index contributed by atoms with van der Waals surface area (Å²) in [4.78, 5) is 23.0. The van der Waals surface area contributed by atoms with Crippen molar-refractivity contribution in [2.45, 2.75) is 19.6 Å². The normalized spacial score (nSPS) is 10.3. The molecule has 1 rings (SSSR count). The number of alkyl halides is 2. The molecular weight excluding hydrogens is 260 g/mol. The average Bonchev–Trinajstić information content (AvgIpc) is 2.30. The molecule has 0 heterocycles. The molecular formula is C12H13F2NO4. The molecule has 0 aromatic heterocycles. The van der Waals surface area contributed by atoms with Crippen LogP contribution in [-0.4, -0.2) is 35.5 Å². The number of carboxylic acids is 1. The van der Waals surface area contributed by atoms with E-state index in [2.05, 4.69) is 4.74 Å². The van der Waals surface area contributed by atoms with Crippen LogP contribution < -0.4 is 4.74 Å². The second-order valence-corrected chi connectivity index (χ2v) is 3.84. The van der Waals surface area contributed by atoms with E-state index in [-0.39, 0.29) is 12.3 Å². The molecule has 0 saturated carbocycles. The van der Waals surface area contributed by atoms with Crippen molar-refractivity contribution in [3.8, 4) is 5.75 Å². The highest BCUT2D eigenvalue weighted by atomic mass is 19.3. The van der Waals surface area contributed by atoms with Crippen LogP contribution in [-0.2, 0) is 16.1 Å². The number of halogens is 2. The molecule has 104 valence electrons. The van der Waals surface area contributed by atoms with E-state index < -0.39 is 24.9 Å². The Morgan fingerprint density at radius 3 is 2.37 bits per heavy atom. The van der Waals surface area contributed by atoms with Crippen LogP contribution in [0.15, 0.2) is 24.3 Å². The lowest BCUT2D eigenvalue weighted by Gasteiger charge is -2.16. The van der Waals surface area contributed by atoms with Crippen molar-refractivity contribution in [3.63, 3.8) is 0 Å². The summed E-state index contributed by atoms with van der Waals surface area (Å²) in [6, 6.07) is 5.78. The second kappa shape index (κ2) is 6.67. The summed E-state index contributed by atoms with van der Waals surface area (Å²) in [5, 5.41) is 8.48. The molecule has 1 N–H and O–H groups in total. The highest BCUT2D eigenvalue weighted by molar-refractivity contribution is 5.93. The number of aliphatic carboxylic acids is 1. The molecule has 5 nitrogen and oxygen atoms in total. The first-order valence-corrected chi connectivity index (χ1v) is 5.38. The van der Waals surface area contributed by atoms with Gasteiger partial charge in [0.15, 0.2) is 0 Å². The summed E-state index contributed by atoms with van der Waals surface area (Å²) in [7, 11) is 1.47. The van der Waals surface area contributed by atoms with Gasteiger partial charge in [0.05, 0.1) is 0 Å². The van der Waals surface area contributed by atoms with Gasteiger partial charge in [0.25, 0.3) is 0 Å². The Morgan fingerprint density at radius 1 is 1.32 bits per heavy atom. The Labute approximate surface area is 108 Å². The highest BCUT2D eigenvalue weighted by Gasteiger charge is 2.13. The van der Waals surface area contributed by atoms with Crippen LogP contribution in [0.1, 0.15) is 12.0 Å². The number of rotatable bonds is 6. The van der Waals surface area contributed by atoms with E-state index in [1.165, 1.54) is 36.2 Å². The van der Waals surface area contributed by atoms with Gasteiger partial charge in [-0.2, -0.15) is 8.78 Å². The fraction of sp³-hybridized carbons (Fsp3) is 0.333. The van der Waals surface area contributed by atoms with Crippen molar-refractivity contribution >= 4 is 11.9 Å². The van der Waals surface area contributed by atoms with Crippen LogP contribution in [0, 0.1) is 0 Å². The first-order valence-electron chi connectivity index (χ1n) is 5.38. The zero-order chi connectivity index (χ0) is 14.4. The van der Waals surface area contributed by atoms with Crippen molar-refractivity contribution in [2.75, 3.05) is 7.05 Å². The monoisotopic (exact) mass is 273 g/mol. The second-order valence-electron chi connectivity index (χ2n) is 3.84. The standard InChI is InChI=1S/C12H13F2NO4/c1-15(10(16)6-11(17)18)7-8-2-4-9(5-3-8)19-12(13)14/h2-5,12H,6-7H2,1H3,(H,17,18). The van der Waals surface area contributed by atoms with Gasteiger partial charge in [-0.3, -0.25) is 9.59 Å². The number of ether oxygens (including phenoxy) is 1. The number of nitrogens with zero attached hydrogens (tertiary/aromatic N) is 1. The number of carboxylic acid groups (broad SMARTS) is 1.